The smallest absolute Gasteiger partial charge is 0.254 e. The van der Waals surface area contributed by atoms with Gasteiger partial charge in [0.1, 0.15) is 5.82 Å². The number of rotatable bonds is 5. The largest absolute Gasteiger partial charge is 0.383 e. The summed E-state index contributed by atoms with van der Waals surface area (Å²) in [6, 6.07) is 12.2. The van der Waals surface area contributed by atoms with E-state index in [9.17, 15) is 13.6 Å². The second kappa shape index (κ2) is 8.20. The molecule has 0 saturated carbocycles. The Morgan fingerprint density at radius 3 is 2.77 bits per heavy atom. The molecular formula is C23H22F2N4O. The quantitative estimate of drug-likeness (QED) is 0.601. The predicted octanol–water partition coefficient (Wildman–Crippen LogP) is 3.75. The third-order valence-electron chi connectivity index (χ3n) is 5.46. The maximum absolute atomic E-state index is 13.6. The molecule has 154 valence electrons. The SMILES string of the molecule is CNC(=O)c1cc(-c2cccc(CNC3CCc4cc(F)c(F)cc43)c2)cnc1N. The summed E-state index contributed by atoms with van der Waals surface area (Å²) in [6.45, 7) is 0.571. The number of carbonyl (C=O) groups is 1. The van der Waals surface area contributed by atoms with Crippen LogP contribution in [0.1, 0.15) is 39.5 Å². The van der Waals surface area contributed by atoms with Gasteiger partial charge >= 0.3 is 0 Å². The molecule has 3 aromatic rings. The molecule has 0 spiro atoms. The molecule has 0 radical (unpaired) electrons. The molecule has 0 aliphatic heterocycles. The van der Waals surface area contributed by atoms with Crippen molar-refractivity contribution in [1.29, 1.82) is 0 Å². The van der Waals surface area contributed by atoms with Gasteiger partial charge in [0, 0.05) is 31.4 Å². The molecule has 1 atom stereocenters. The molecule has 2 aromatic carbocycles. The van der Waals surface area contributed by atoms with Crippen LogP contribution in [-0.2, 0) is 13.0 Å². The van der Waals surface area contributed by atoms with Gasteiger partial charge in [-0.3, -0.25) is 4.79 Å². The molecule has 0 saturated heterocycles. The Hall–Kier alpha value is -3.32. The molecule has 30 heavy (non-hydrogen) atoms. The summed E-state index contributed by atoms with van der Waals surface area (Å²) >= 11 is 0. The van der Waals surface area contributed by atoms with E-state index in [1.54, 1.807) is 19.3 Å². The second-order valence-corrected chi connectivity index (χ2v) is 7.37. The molecule has 1 heterocycles. The maximum atomic E-state index is 13.6. The van der Waals surface area contributed by atoms with Crippen LogP contribution >= 0.6 is 0 Å². The van der Waals surface area contributed by atoms with Crippen LogP contribution in [0.5, 0.6) is 0 Å². The lowest BCUT2D eigenvalue weighted by Gasteiger charge is -2.15. The van der Waals surface area contributed by atoms with Crippen molar-refractivity contribution in [2.24, 2.45) is 0 Å². The fourth-order valence-corrected chi connectivity index (χ4v) is 3.86. The van der Waals surface area contributed by atoms with Crippen LogP contribution in [0.3, 0.4) is 0 Å². The van der Waals surface area contributed by atoms with Gasteiger partial charge in [-0.1, -0.05) is 18.2 Å². The van der Waals surface area contributed by atoms with Crippen LogP contribution in [-0.4, -0.2) is 17.9 Å². The summed E-state index contributed by atoms with van der Waals surface area (Å²) in [5.41, 5.74) is 10.6. The van der Waals surface area contributed by atoms with E-state index in [-0.39, 0.29) is 17.8 Å². The van der Waals surface area contributed by atoms with Crippen molar-refractivity contribution < 1.29 is 13.6 Å². The zero-order chi connectivity index (χ0) is 21.3. The van der Waals surface area contributed by atoms with Gasteiger partial charge in [-0.05, 0) is 59.4 Å². The Balaban J connectivity index is 1.52. The van der Waals surface area contributed by atoms with E-state index in [4.69, 9.17) is 5.73 Å². The first-order valence-corrected chi connectivity index (χ1v) is 9.74. The summed E-state index contributed by atoms with van der Waals surface area (Å²) in [5, 5.41) is 6.00. The number of aryl methyl sites for hydroxylation is 1. The highest BCUT2D eigenvalue weighted by Crippen LogP contribution is 2.33. The van der Waals surface area contributed by atoms with Gasteiger partial charge in [0.15, 0.2) is 11.6 Å². The van der Waals surface area contributed by atoms with Crippen molar-refractivity contribution in [3.8, 4) is 11.1 Å². The molecule has 0 fully saturated rings. The minimum absolute atomic E-state index is 0.0169. The molecule has 1 aliphatic rings. The Labute approximate surface area is 173 Å². The Bertz CT molecular complexity index is 1120. The van der Waals surface area contributed by atoms with E-state index < -0.39 is 11.6 Å². The molecule has 1 unspecified atom stereocenters. The number of hydrogen-bond acceptors (Lipinski definition) is 4. The standard InChI is InChI=1S/C23H22F2N4O/c1-27-23(30)18-8-16(12-29-22(18)26)14-4-2-3-13(7-14)11-28-21-6-5-15-9-19(24)20(25)10-17(15)21/h2-4,7-10,12,21,28H,5-6,11H2,1H3,(H2,26,29)(H,27,30). The number of benzene rings is 2. The van der Waals surface area contributed by atoms with Gasteiger partial charge in [0.2, 0.25) is 0 Å². The van der Waals surface area contributed by atoms with Crippen molar-refractivity contribution in [3.05, 3.63) is 82.5 Å². The number of hydrogen-bond donors (Lipinski definition) is 3. The highest BCUT2D eigenvalue weighted by Gasteiger charge is 2.24. The third-order valence-corrected chi connectivity index (χ3v) is 5.46. The number of nitrogens with one attached hydrogen (secondary N) is 2. The lowest BCUT2D eigenvalue weighted by atomic mass is 10.0. The summed E-state index contributed by atoms with van der Waals surface area (Å²) < 4.78 is 27.1. The average Bonchev–Trinajstić information content (AvgIpc) is 3.14. The fraction of sp³-hybridized carbons (Fsp3) is 0.217. The number of anilines is 1. The minimum Gasteiger partial charge on any atom is -0.383 e. The monoisotopic (exact) mass is 408 g/mol. The van der Waals surface area contributed by atoms with Crippen molar-refractivity contribution in [1.82, 2.24) is 15.6 Å². The fourth-order valence-electron chi connectivity index (χ4n) is 3.86. The summed E-state index contributed by atoms with van der Waals surface area (Å²) in [5.74, 6) is -1.72. The molecule has 1 amide bonds. The first-order valence-electron chi connectivity index (χ1n) is 9.74. The molecule has 7 heteroatoms. The van der Waals surface area contributed by atoms with E-state index in [1.165, 1.54) is 12.1 Å². The summed E-state index contributed by atoms with van der Waals surface area (Å²) in [6.07, 6.45) is 3.16. The molecule has 1 aromatic heterocycles. The van der Waals surface area contributed by atoms with Crippen LogP contribution in [0, 0.1) is 11.6 Å². The number of halogens is 2. The lowest BCUT2D eigenvalue weighted by Crippen LogP contribution is -2.20. The van der Waals surface area contributed by atoms with E-state index in [0.29, 0.717) is 12.1 Å². The second-order valence-electron chi connectivity index (χ2n) is 7.37. The van der Waals surface area contributed by atoms with Crippen LogP contribution in [0.15, 0.2) is 48.7 Å². The van der Waals surface area contributed by atoms with E-state index >= 15 is 0 Å². The van der Waals surface area contributed by atoms with E-state index in [1.807, 2.05) is 24.3 Å². The van der Waals surface area contributed by atoms with E-state index in [0.717, 1.165) is 40.7 Å². The molecule has 1 aliphatic carbocycles. The first-order chi connectivity index (χ1) is 14.5. The Kier molecular flexibility index (Phi) is 5.46. The highest BCUT2D eigenvalue weighted by atomic mass is 19.2. The molecular weight excluding hydrogens is 386 g/mol. The van der Waals surface area contributed by atoms with Gasteiger partial charge < -0.3 is 16.4 Å². The van der Waals surface area contributed by atoms with Crippen molar-refractivity contribution >= 4 is 11.7 Å². The molecule has 0 bridgehead atoms. The highest BCUT2D eigenvalue weighted by molar-refractivity contribution is 5.99. The van der Waals surface area contributed by atoms with Gasteiger partial charge in [0.25, 0.3) is 5.91 Å². The number of fused-ring (bicyclic) bond motifs is 1. The topological polar surface area (TPSA) is 80.0 Å². The first kappa shape index (κ1) is 20.0. The number of nitrogens with two attached hydrogens (primary N) is 1. The molecule has 5 nitrogen and oxygen atoms in total. The maximum Gasteiger partial charge on any atom is 0.254 e. The summed E-state index contributed by atoms with van der Waals surface area (Å²) in [4.78, 5) is 16.1. The van der Waals surface area contributed by atoms with Crippen molar-refractivity contribution in [3.63, 3.8) is 0 Å². The van der Waals surface area contributed by atoms with E-state index in [2.05, 4.69) is 15.6 Å². The van der Waals surface area contributed by atoms with Gasteiger partial charge in [-0.2, -0.15) is 0 Å². The number of aromatic nitrogens is 1. The number of amides is 1. The zero-order valence-corrected chi connectivity index (χ0v) is 16.5. The third kappa shape index (κ3) is 3.89. The number of pyridine rings is 1. The van der Waals surface area contributed by atoms with Gasteiger partial charge in [-0.25, -0.2) is 13.8 Å². The Morgan fingerprint density at radius 2 is 1.97 bits per heavy atom. The minimum atomic E-state index is -0.813. The van der Waals surface area contributed by atoms with Crippen LogP contribution < -0.4 is 16.4 Å². The number of nitrogen functional groups attached to an aromatic ring is 1. The molecule has 4 N–H and O–H groups in total. The number of nitrogens with zero attached hydrogens (tertiary/aromatic N) is 1. The van der Waals surface area contributed by atoms with Crippen LogP contribution in [0.2, 0.25) is 0 Å². The van der Waals surface area contributed by atoms with Gasteiger partial charge in [-0.15, -0.1) is 0 Å². The van der Waals surface area contributed by atoms with Crippen molar-refractivity contribution in [2.75, 3.05) is 12.8 Å². The normalized spacial score (nSPS) is 15.1. The summed E-state index contributed by atoms with van der Waals surface area (Å²) in [7, 11) is 1.54. The Morgan fingerprint density at radius 1 is 1.17 bits per heavy atom. The van der Waals surface area contributed by atoms with Crippen LogP contribution in [0.4, 0.5) is 14.6 Å². The predicted molar refractivity (Wildman–Crippen MR) is 112 cm³/mol. The molecule has 4 rings (SSSR count). The average molecular weight is 408 g/mol. The van der Waals surface area contributed by atoms with Crippen LogP contribution in [0.25, 0.3) is 11.1 Å². The van der Waals surface area contributed by atoms with Gasteiger partial charge in [0.05, 0.1) is 5.56 Å². The van der Waals surface area contributed by atoms with Crippen molar-refractivity contribution in [2.45, 2.75) is 25.4 Å². The number of carbonyl (C=O) groups excluding carboxylic acids is 1. The zero-order valence-electron chi connectivity index (χ0n) is 16.5. The lowest BCUT2D eigenvalue weighted by molar-refractivity contribution is 0.0963.